The summed E-state index contributed by atoms with van der Waals surface area (Å²) < 4.78 is 5.81. The third kappa shape index (κ3) is 3.19. The van der Waals surface area contributed by atoms with Crippen molar-refractivity contribution in [2.75, 3.05) is 26.2 Å². The zero-order valence-corrected chi connectivity index (χ0v) is 11.8. The zero-order valence-electron chi connectivity index (χ0n) is 11.8. The summed E-state index contributed by atoms with van der Waals surface area (Å²) in [6.45, 7) is 3.05. The van der Waals surface area contributed by atoms with Gasteiger partial charge in [-0.15, -0.1) is 0 Å². The summed E-state index contributed by atoms with van der Waals surface area (Å²) >= 11 is 0. The van der Waals surface area contributed by atoms with Crippen molar-refractivity contribution in [3.8, 4) is 0 Å². The molecule has 2 fully saturated rings. The van der Waals surface area contributed by atoms with Gasteiger partial charge in [-0.25, -0.2) is 0 Å². The molecule has 2 heterocycles. The van der Waals surface area contributed by atoms with Gasteiger partial charge in [0.15, 0.2) is 0 Å². The summed E-state index contributed by atoms with van der Waals surface area (Å²) in [7, 11) is 0. The van der Waals surface area contributed by atoms with Gasteiger partial charge in [-0.3, -0.25) is 4.79 Å². The molecule has 1 amide bonds. The normalized spacial score (nSPS) is 26.7. The lowest BCUT2D eigenvalue weighted by Gasteiger charge is -2.34. The Hall–Kier alpha value is -1.39. The minimum absolute atomic E-state index is 0.0328. The van der Waals surface area contributed by atoms with Gasteiger partial charge in [0.05, 0.1) is 18.8 Å². The van der Waals surface area contributed by atoms with Crippen LogP contribution in [-0.2, 0) is 16.0 Å². The molecule has 1 aromatic carbocycles. The highest BCUT2D eigenvalue weighted by atomic mass is 16.5. The van der Waals surface area contributed by atoms with Gasteiger partial charge in [-0.05, 0) is 24.9 Å². The predicted molar refractivity (Wildman–Crippen MR) is 77.5 cm³/mol. The summed E-state index contributed by atoms with van der Waals surface area (Å²) in [6, 6.07) is 10.4. The smallest absolute Gasteiger partial charge is 0.239 e. The van der Waals surface area contributed by atoms with Crippen molar-refractivity contribution in [2.45, 2.75) is 31.4 Å². The van der Waals surface area contributed by atoms with Gasteiger partial charge in [0.25, 0.3) is 0 Å². The van der Waals surface area contributed by atoms with Crippen LogP contribution in [-0.4, -0.2) is 49.2 Å². The van der Waals surface area contributed by atoms with Crippen LogP contribution in [0.5, 0.6) is 0 Å². The molecule has 0 spiro atoms. The number of carbonyl (C=O) groups excluding carboxylic acids is 1. The Morgan fingerprint density at radius 1 is 1.35 bits per heavy atom. The third-order valence-corrected chi connectivity index (χ3v) is 4.12. The van der Waals surface area contributed by atoms with Gasteiger partial charge >= 0.3 is 0 Å². The molecule has 2 aliphatic heterocycles. The topological polar surface area (TPSA) is 41.6 Å². The molecule has 20 heavy (non-hydrogen) atoms. The summed E-state index contributed by atoms with van der Waals surface area (Å²) in [5.74, 6) is 0.254. The SMILES string of the molecule is O=C(C1CCCN1)N1CCOC(Cc2ccccc2)C1. The summed E-state index contributed by atoms with van der Waals surface area (Å²) in [4.78, 5) is 14.4. The van der Waals surface area contributed by atoms with E-state index in [9.17, 15) is 4.79 Å². The highest BCUT2D eigenvalue weighted by Gasteiger charge is 2.30. The minimum atomic E-state index is 0.0328. The first-order valence-corrected chi connectivity index (χ1v) is 7.50. The molecule has 2 atom stereocenters. The van der Waals surface area contributed by atoms with Crippen LogP contribution in [0.1, 0.15) is 18.4 Å². The van der Waals surface area contributed by atoms with E-state index in [2.05, 4.69) is 17.4 Å². The second kappa shape index (κ2) is 6.37. The van der Waals surface area contributed by atoms with Crippen molar-refractivity contribution in [1.82, 2.24) is 10.2 Å². The molecule has 4 heteroatoms. The Morgan fingerprint density at radius 2 is 2.20 bits per heavy atom. The third-order valence-electron chi connectivity index (χ3n) is 4.12. The highest BCUT2D eigenvalue weighted by Crippen LogP contribution is 2.15. The Bertz CT molecular complexity index is 443. The number of hydrogen-bond donors (Lipinski definition) is 1. The van der Waals surface area contributed by atoms with E-state index in [1.807, 2.05) is 23.1 Å². The maximum atomic E-state index is 12.4. The molecule has 1 N–H and O–H groups in total. The molecule has 4 nitrogen and oxygen atoms in total. The quantitative estimate of drug-likeness (QED) is 0.901. The molecule has 0 bridgehead atoms. The zero-order chi connectivity index (χ0) is 13.8. The van der Waals surface area contributed by atoms with Crippen molar-refractivity contribution in [3.63, 3.8) is 0 Å². The van der Waals surface area contributed by atoms with Gasteiger partial charge in [-0.1, -0.05) is 30.3 Å². The lowest BCUT2D eigenvalue weighted by Crippen LogP contribution is -2.51. The van der Waals surface area contributed by atoms with Crippen LogP contribution in [0, 0.1) is 0 Å². The van der Waals surface area contributed by atoms with E-state index in [1.165, 1.54) is 5.56 Å². The number of amides is 1. The first-order valence-electron chi connectivity index (χ1n) is 7.50. The fraction of sp³-hybridized carbons (Fsp3) is 0.562. The van der Waals surface area contributed by atoms with Gasteiger partial charge in [0.1, 0.15) is 0 Å². The molecular weight excluding hydrogens is 252 g/mol. The summed E-state index contributed by atoms with van der Waals surface area (Å²) in [6.07, 6.45) is 3.08. The fourth-order valence-corrected chi connectivity index (χ4v) is 3.04. The van der Waals surface area contributed by atoms with Gasteiger partial charge in [0.2, 0.25) is 5.91 Å². The molecule has 2 aliphatic rings. The van der Waals surface area contributed by atoms with Crippen LogP contribution in [0.3, 0.4) is 0 Å². The van der Waals surface area contributed by atoms with Crippen LogP contribution in [0.25, 0.3) is 0 Å². The molecule has 2 unspecified atom stereocenters. The maximum Gasteiger partial charge on any atom is 0.239 e. The molecule has 1 aromatic rings. The molecule has 0 aromatic heterocycles. The Balaban J connectivity index is 1.57. The molecule has 3 rings (SSSR count). The number of nitrogens with one attached hydrogen (secondary N) is 1. The first-order chi connectivity index (χ1) is 9.83. The Morgan fingerprint density at radius 3 is 2.95 bits per heavy atom. The van der Waals surface area contributed by atoms with Crippen LogP contribution in [0.15, 0.2) is 30.3 Å². The van der Waals surface area contributed by atoms with Crippen LogP contribution >= 0.6 is 0 Å². The summed E-state index contributed by atoms with van der Waals surface area (Å²) in [5.41, 5.74) is 1.27. The van der Waals surface area contributed by atoms with E-state index in [0.29, 0.717) is 13.2 Å². The lowest BCUT2D eigenvalue weighted by molar-refractivity contribution is -0.140. The van der Waals surface area contributed by atoms with Crippen molar-refractivity contribution in [3.05, 3.63) is 35.9 Å². The number of benzene rings is 1. The monoisotopic (exact) mass is 274 g/mol. The van der Waals surface area contributed by atoms with Crippen LogP contribution < -0.4 is 5.32 Å². The maximum absolute atomic E-state index is 12.4. The average molecular weight is 274 g/mol. The molecular formula is C16H22N2O2. The van der Waals surface area contributed by atoms with Crippen LogP contribution in [0.4, 0.5) is 0 Å². The number of hydrogen-bond acceptors (Lipinski definition) is 3. The molecule has 0 aliphatic carbocycles. The fourth-order valence-electron chi connectivity index (χ4n) is 3.04. The second-order valence-corrected chi connectivity index (χ2v) is 5.62. The van der Waals surface area contributed by atoms with E-state index in [0.717, 1.165) is 32.4 Å². The van der Waals surface area contributed by atoms with E-state index in [1.54, 1.807) is 0 Å². The predicted octanol–water partition coefficient (Wildman–Crippen LogP) is 1.21. The van der Waals surface area contributed by atoms with Crippen molar-refractivity contribution >= 4 is 5.91 Å². The average Bonchev–Trinajstić information content (AvgIpc) is 3.02. The van der Waals surface area contributed by atoms with Crippen LogP contribution in [0.2, 0.25) is 0 Å². The lowest BCUT2D eigenvalue weighted by atomic mass is 10.1. The van der Waals surface area contributed by atoms with E-state index >= 15 is 0 Å². The standard InChI is InChI=1S/C16H22N2O2/c19-16(15-7-4-8-17-15)18-9-10-20-14(12-18)11-13-5-2-1-3-6-13/h1-3,5-6,14-15,17H,4,7-12H2. The number of rotatable bonds is 3. The highest BCUT2D eigenvalue weighted by molar-refractivity contribution is 5.82. The second-order valence-electron chi connectivity index (χ2n) is 5.62. The van der Waals surface area contributed by atoms with E-state index in [-0.39, 0.29) is 18.1 Å². The van der Waals surface area contributed by atoms with E-state index < -0.39 is 0 Å². The van der Waals surface area contributed by atoms with Gasteiger partial charge < -0.3 is 15.0 Å². The number of nitrogens with zero attached hydrogens (tertiary/aromatic N) is 1. The minimum Gasteiger partial charge on any atom is -0.374 e. The largest absolute Gasteiger partial charge is 0.374 e. The van der Waals surface area contributed by atoms with Gasteiger partial charge in [0, 0.05) is 19.5 Å². The molecule has 0 radical (unpaired) electrons. The first kappa shape index (κ1) is 13.6. The molecule has 0 saturated carbocycles. The molecule has 108 valence electrons. The summed E-state index contributed by atoms with van der Waals surface area (Å²) in [5, 5.41) is 3.29. The molecule has 2 saturated heterocycles. The van der Waals surface area contributed by atoms with Crippen molar-refractivity contribution in [2.24, 2.45) is 0 Å². The number of carbonyl (C=O) groups is 1. The number of morpholine rings is 1. The Kier molecular flexibility index (Phi) is 4.33. The van der Waals surface area contributed by atoms with E-state index in [4.69, 9.17) is 4.74 Å². The van der Waals surface area contributed by atoms with Gasteiger partial charge in [-0.2, -0.15) is 0 Å². The number of ether oxygens (including phenoxy) is 1. The van der Waals surface area contributed by atoms with Crippen molar-refractivity contribution in [1.29, 1.82) is 0 Å². The van der Waals surface area contributed by atoms with Crippen molar-refractivity contribution < 1.29 is 9.53 Å². The Labute approximate surface area is 120 Å².